The summed E-state index contributed by atoms with van der Waals surface area (Å²) < 4.78 is 0.0155. The van der Waals surface area contributed by atoms with Crippen LogP contribution in [0.4, 0.5) is 5.13 Å². The number of β-lactam (4-membered cyclic amide) rings is 1. The van der Waals surface area contributed by atoms with Crippen LogP contribution in [0.2, 0.25) is 4.34 Å². The summed E-state index contributed by atoms with van der Waals surface area (Å²) in [5.74, 6) is -3.19. The highest BCUT2D eigenvalue weighted by Crippen LogP contribution is 2.41. The zero-order valence-electron chi connectivity index (χ0n) is 16.2. The van der Waals surface area contributed by atoms with Crippen molar-refractivity contribution in [1.82, 2.24) is 15.2 Å². The average Bonchev–Trinajstić information content (AvgIpc) is 3.06. The largest absolute Gasteiger partial charge is 0.479 e. The Balaban J connectivity index is 1.82. The van der Waals surface area contributed by atoms with Crippen molar-refractivity contribution < 1.29 is 34.2 Å². The number of carboxylic acids is 2. The highest BCUT2D eigenvalue weighted by Gasteiger charge is 2.54. The summed E-state index contributed by atoms with van der Waals surface area (Å²) in [6.07, 6.45) is 1.83. The number of fused-ring (bicyclic) bond motifs is 1. The molecule has 1 unspecified atom stereocenters. The quantitative estimate of drug-likeness (QED) is 0.199. The van der Waals surface area contributed by atoms with E-state index in [9.17, 15) is 24.3 Å². The number of nitrogens with one attached hydrogen (secondary N) is 1. The second-order valence-corrected chi connectivity index (χ2v) is 9.94. The molecule has 172 valence electrons. The van der Waals surface area contributed by atoms with Gasteiger partial charge in [0.1, 0.15) is 27.1 Å². The van der Waals surface area contributed by atoms with Gasteiger partial charge in [0.05, 0.1) is 0 Å². The maximum Gasteiger partial charge on any atom is 0.352 e. The van der Waals surface area contributed by atoms with E-state index in [4.69, 9.17) is 22.4 Å². The molecule has 0 spiro atoms. The summed E-state index contributed by atoms with van der Waals surface area (Å²) in [7, 11) is 0. The number of carbonyl (C=O) groups is 4. The number of thiazole rings is 1. The second-order valence-electron chi connectivity index (χ2n) is 6.33. The Morgan fingerprint density at radius 2 is 2.16 bits per heavy atom. The lowest BCUT2D eigenvalue weighted by molar-refractivity contribution is -0.150. The molecule has 0 aliphatic carbocycles. The molecule has 0 bridgehead atoms. The first-order valence-corrected chi connectivity index (χ1v) is 12.3. The van der Waals surface area contributed by atoms with Crippen molar-refractivity contribution in [2.45, 2.75) is 11.4 Å². The van der Waals surface area contributed by atoms with Gasteiger partial charge in [-0.2, -0.15) is 11.8 Å². The normalized spacial score (nSPS) is 20.5. The summed E-state index contributed by atoms with van der Waals surface area (Å²) in [5, 5.41) is 23.7. The van der Waals surface area contributed by atoms with Crippen molar-refractivity contribution in [3.8, 4) is 0 Å². The first-order chi connectivity index (χ1) is 15.1. The number of anilines is 1. The van der Waals surface area contributed by atoms with Gasteiger partial charge in [0, 0.05) is 11.5 Å². The predicted molar refractivity (Wildman–Crippen MR) is 120 cm³/mol. The number of halogens is 1. The van der Waals surface area contributed by atoms with Crippen molar-refractivity contribution in [2.24, 2.45) is 5.16 Å². The molecule has 5 N–H and O–H groups in total. The lowest BCUT2D eigenvalue weighted by Crippen LogP contribution is -2.71. The molecule has 1 aromatic heterocycles. The third kappa shape index (κ3) is 4.79. The molecule has 32 heavy (non-hydrogen) atoms. The molecule has 0 aromatic carbocycles. The molecule has 1 fully saturated rings. The summed E-state index contributed by atoms with van der Waals surface area (Å²) in [6.45, 7) is -0.826. The molecule has 3 heterocycles. The molecular formula is C16H16ClN5O7S3. The van der Waals surface area contributed by atoms with Crippen molar-refractivity contribution in [3.63, 3.8) is 0 Å². The summed E-state index contributed by atoms with van der Waals surface area (Å²) in [4.78, 5) is 57.7. The van der Waals surface area contributed by atoms with Crippen molar-refractivity contribution in [1.29, 1.82) is 0 Å². The summed E-state index contributed by atoms with van der Waals surface area (Å²) >= 11 is 9.67. The van der Waals surface area contributed by atoms with Crippen molar-refractivity contribution >= 4 is 81.1 Å². The van der Waals surface area contributed by atoms with E-state index in [1.807, 2.05) is 6.26 Å². The Hall–Kier alpha value is -2.49. The van der Waals surface area contributed by atoms with Gasteiger partial charge in [-0.15, -0.1) is 11.8 Å². The highest BCUT2D eigenvalue weighted by atomic mass is 35.5. The third-order valence-corrected chi connectivity index (χ3v) is 7.30. The van der Waals surface area contributed by atoms with Crippen molar-refractivity contribution in [2.75, 3.05) is 30.1 Å². The Bertz CT molecular complexity index is 1040. The van der Waals surface area contributed by atoms with Crippen LogP contribution in [0, 0.1) is 0 Å². The molecule has 1 aromatic rings. The maximum absolute atomic E-state index is 12.9. The fraction of sp³-hybridized carbons (Fsp3) is 0.375. The van der Waals surface area contributed by atoms with Gasteiger partial charge in [0.25, 0.3) is 11.8 Å². The predicted octanol–water partition coefficient (Wildman–Crippen LogP) is 0.286. The third-order valence-electron chi connectivity index (χ3n) is 4.24. The van der Waals surface area contributed by atoms with E-state index in [0.717, 1.165) is 16.2 Å². The second kappa shape index (κ2) is 9.97. The zero-order chi connectivity index (χ0) is 23.6. The van der Waals surface area contributed by atoms with E-state index in [2.05, 4.69) is 20.3 Å². The van der Waals surface area contributed by atoms with Gasteiger partial charge in [-0.3, -0.25) is 14.5 Å². The Labute approximate surface area is 198 Å². The minimum Gasteiger partial charge on any atom is -0.479 e. The van der Waals surface area contributed by atoms with Gasteiger partial charge in [-0.1, -0.05) is 28.1 Å². The molecular weight excluding hydrogens is 506 g/mol. The van der Waals surface area contributed by atoms with Crippen LogP contribution in [0.3, 0.4) is 0 Å². The fourth-order valence-electron chi connectivity index (χ4n) is 2.99. The number of nitrogen functional groups attached to an aromatic ring is 1. The minimum atomic E-state index is -1.32. The smallest absolute Gasteiger partial charge is 0.352 e. The summed E-state index contributed by atoms with van der Waals surface area (Å²) in [6, 6.07) is -1.03. The Morgan fingerprint density at radius 1 is 1.44 bits per heavy atom. The standard InChI is InChI=1S/C16H16ClN5O7S3/c1-30-3-5-4-31-14-9(13(26)22(14)10(5)15(27)28)19-12(25)8(21-29-2-6(23)24)7-11(17)32-16(18)20-7/h9,14H,2-4H2,1H3,(H2,18,20)(H,19,25)(H,23,24)(H,27,28)/t9?,14-/m0/s1. The number of carbonyl (C=O) groups excluding carboxylic acids is 2. The SMILES string of the molecule is CSCC1=C(C(=O)O)N2C(=O)C(NC(=O)C(=NOCC(=O)O)c3nc(N)sc3Cl)[C@@H]2SC1. The Kier molecular flexibility index (Phi) is 7.53. The van der Waals surface area contributed by atoms with Crippen LogP contribution in [0.5, 0.6) is 0 Å². The van der Waals surface area contributed by atoms with E-state index in [-0.39, 0.29) is 20.9 Å². The number of nitrogens with two attached hydrogens (primary N) is 1. The number of amides is 2. The summed E-state index contributed by atoms with van der Waals surface area (Å²) in [5.41, 5.74) is 5.55. The molecule has 0 saturated carbocycles. The number of hydrogen-bond donors (Lipinski definition) is 4. The molecule has 0 radical (unpaired) electrons. The molecule has 2 amide bonds. The van der Waals surface area contributed by atoms with E-state index in [1.165, 1.54) is 23.5 Å². The lowest BCUT2D eigenvalue weighted by atomic mass is 10.0. The number of rotatable bonds is 9. The number of oxime groups is 1. The monoisotopic (exact) mass is 521 g/mol. The molecule has 12 nitrogen and oxygen atoms in total. The highest BCUT2D eigenvalue weighted by molar-refractivity contribution is 8.00. The molecule has 2 atom stereocenters. The number of aromatic nitrogens is 1. The number of carboxylic acid groups (broad SMARTS) is 2. The van der Waals surface area contributed by atoms with Crippen LogP contribution in [-0.4, -0.2) is 85.3 Å². The number of nitrogens with zero attached hydrogens (tertiary/aromatic N) is 3. The van der Waals surface area contributed by atoms with Crippen LogP contribution in [-0.2, 0) is 24.0 Å². The zero-order valence-corrected chi connectivity index (χ0v) is 19.4. The minimum absolute atomic E-state index is 0.0155. The van der Waals surface area contributed by atoms with Gasteiger partial charge < -0.3 is 26.1 Å². The number of aliphatic carboxylic acids is 2. The lowest BCUT2D eigenvalue weighted by Gasteiger charge is -2.49. The van der Waals surface area contributed by atoms with E-state index >= 15 is 0 Å². The van der Waals surface area contributed by atoms with Gasteiger partial charge in [0.15, 0.2) is 10.8 Å². The van der Waals surface area contributed by atoms with Gasteiger partial charge in [-0.25, -0.2) is 14.6 Å². The van der Waals surface area contributed by atoms with E-state index in [1.54, 1.807) is 0 Å². The Morgan fingerprint density at radius 3 is 2.72 bits per heavy atom. The van der Waals surface area contributed by atoms with Gasteiger partial charge >= 0.3 is 11.9 Å². The fourth-order valence-corrected chi connectivity index (χ4v) is 5.98. The van der Waals surface area contributed by atoms with Crippen LogP contribution in [0.15, 0.2) is 16.4 Å². The molecule has 16 heteroatoms. The van der Waals surface area contributed by atoms with Crippen molar-refractivity contribution in [3.05, 3.63) is 21.3 Å². The van der Waals surface area contributed by atoms with E-state index in [0.29, 0.717) is 17.1 Å². The average molecular weight is 522 g/mol. The molecule has 2 aliphatic heterocycles. The van der Waals surface area contributed by atoms with Crippen LogP contribution in [0.1, 0.15) is 5.69 Å². The molecule has 3 rings (SSSR count). The molecule has 1 saturated heterocycles. The number of hydrogen-bond acceptors (Lipinski definition) is 11. The van der Waals surface area contributed by atoms with Crippen LogP contribution < -0.4 is 11.1 Å². The van der Waals surface area contributed by atoms with Crippen LogP contribution >= 0.6 is 46.5 Å². The number of thioether (sulfide) groups is 2. The first kappa shape index (κ1) is 24.2. The van der Waals surface area contributed by atoms with E-state index < -0.39 is 47.5 Å². The first-order valence-electron chi connectivity index (χ1n) is 8.69. The van der Waals surface area contributed by atoms with Gasteiger partial charge in [-0.05, 0) is 11.8 Å². The topological polar surface area (TPSA) is 185 Å². The van der Waals surface area contributed by atoms with Gasteiger partial charge in [0.2, 0.25) is 6.61 Å². The molecule has 2 aliphatic rings. The van der Waals surface area contributed by atoms with Crippen LogP contribution in [0.25, 0.3) is 0 Å². The maximum atomic E-state index is 12.9.